The van der Waals surface area contributed by atoms with Crippen LogP contribution in [0.15, 0.2) is 60.0 Å². The SMILES string of the molecule is Cc1ccc(C)c(-n2nc(-c3cccs3)cc2C(=O)N2CCN(Cc3ccc4c(c3)OCO4)CC2)c1. The molecule has 2 aliphatic rings. The fourth-order valence-corrected chi connectivity index (χ4v) is 5.46. The molecule has 0 spiro atoms. The average molecular weight is 501 g/mol. The summed E-state index contributed by atoms with van der Waals surface area (Å²) in [5.41, 5.74) is 5.80. The second kappa shape index (κ2) is 9.44. The Bertz CT molecular complexity index is 1400. The smallest absolute Gasteiger partial charge is 0.272 e. The lowest BCUT2D eigenvalue weighted by Gasteiger charge is -2.34. The van der Waals surface area contributed by atoms with Gasteiger partial charge in [-0.3, -0.25) is 9.69 Å². The number of rotatable bonds is 5. The van der Waals surface area contributed by atoms with E-state index in [0.29, 0.717) is 18.8 Å². The first kappa shape index (κ1) is 22.8. The van der Waals surface area contributed by atoms with Gasteiger partial charge in [0.2, 0.25) is 6.79 Å². The molecule has 1 saturated heterocycles. The summed E-state index contributed by atoms with van der Waals surface area (Å²) in [6.07, 6.45) is 0. The van der Waals surface area contributed by atoms with Crippen LogP contribution < -0.4 is 9.47 Å². The van der Waals surface area contributed by atoms with Gasteiger partial charge in [-0.2, -0.15) is 5.10 Å². The molecule has 7 nitrogen and oxygen atoms in total. The lowest BCUT2D eigenvalue weighted by Crippen LogP contribution is -2.48. The van der Waals surface area contributed by atoms with Gasteiger partial charge in [-0.05, 0) is 66.2 Å². The molecular formula is C28H28N4O3S. The Morgan fingerprint density at radius 1 is 0.972 bits per heavy atom. The van der Waals surface area contributed by atoms with E-state index >= 15 is 0 Å². The van der Waals surface area contributed by atoms with Crippen LogP contribution in [0.1, 0.15) is 27.2 Å². The Balaban J connectivity index is 1.21. The van der Waals surface area contributed by atoms with Crippen LogP contribution in [0.2, 0.25) is 0 Å². The topological polar surface area (TPSA) is 59.8 Å². The summed E-state index contributed by atoms with van der Waals surface area (Å²) in [4.78, 5) is 19.2. The first-order valence-electron chi connectivity index (χ1n) is 12.2. The number of aryl methyl sites for hydroxylation is 2. The van der Waals surface area contributed by atoms with Gasteiger partial charge in [0.1, 0.15) is 11.4 Å². The molecule has 2 aliphatic heterocycles. The van der Waals surface area contributed by atoms with E-state index in [0.717, 1.165) is 58.5 Å². The van der Waals surface area contributed by atoms with E-state index in [9.17, 15) is 4.79 Å². The van der Waals surface area contributed by atoms with E-state index in [1.165, 1.54) is 5.56 Å². The summed E-state index contributed by atoms with van der Waals surface area (Å²) in [6, 6.07) is 18.4. The number of aromatic nitrogens is 2. The number of carbonyl (C=O) groups is 1. The highest BCUT2D eigenvalue weighted by atomic mass is 32.1. The standard InChI is InChI=1S/C28H28N4O3S/c1-19-5-6-20(2)23(14-19)32-24(16-22(29-32)27-4-3-13-36-27)28(33)31-11-9-30(10-12-31)17-21-7-8-25-26(15-21)35-18-34-25/h3-8,13-16H,9-12,17-18H2,1-2H3. The molecule has 36 heavy (non-hydrogen) atoms. The molecule has 0 saturated carbocycles. The lowest BCUT2D eigenvalue weighted by atomic mass is 10.1. The Morgan fingerprint density at radius 2 is 1.81 bits per heavy atom. The van der Waals surface area contributed by atoms with Crippen molar-refractivity contribution in [3.63, 3.8) is 0 Å². The zero-order valence-electron chi connectivity index (χ0n) is 20.4. The van der Waals surface area contributed by atoms with Crippen molar-refractivity contribution in [3.05, 3.63) is 82.4 Å². The number of thiophene rings is 1. The number of ether oxygens (including phenoxy) is 2. The zero-order chi connectivity index (χ0) is 24.6. The van der Waals surface area contributed by atoms with E-state index in [4.69, 9.17) is 14.6 Å². The van der Waals surface area contributed by atoms with Gasteiger partial charge in [0, 0.05) is 32.7 Å². The van der Waals surface area contributed by atoms with Crippen molar-refractivity contribution in [2.24, 2.45) is 0 Å². The van der Waals surface area contributed by atoms with E-state index < -0.39 is 0 Å². The van der Waals surface area contributed by atoms with Gasteiger partial charge < -0.3 is 14.4 Å². The van der Waals surface area contributed by atoms with Crippen LogP contribution in [0.4, 0.5) is 0 Å². The summed E-state index contributed by atoms with van der Waals surface area (Å²) in [5, 5.41) is 6.92. The first-order valence-corrected chi connectivity index (χ1v) is 13.0. The third kappa shape index (κ3) is 4.38. The highest BCUT2D eigenvalue weighted by molar-refractivity contribution is 7.13. The molecule has 0 radical (unpaired) electrons. The fourth-order valence-electron chi connectivity index (χ4n) is 4.78. The number of amides is 1. The van der Waals surface area contributed by atoms with Gasteiger partial charge in [0.25, 0.3) is 5.91 Å². The molecule has 1 fully saturated rings. The number of hydrogen-bond acceptors (Lipinski definition) is 6. The van der Waals surface area contributed by atoms with Gasteiger partial charge in [0.15, 0.2) is 11.5 Å². The molecule has 1 amide bonds. The van der Waals surface area contributed by atoms with Crippen molar-refractivity contribution in [2.75, 3.05) is 33.0 Å². The van der Waals surface area contributed by atoms with E-state index in [-0.39, 0.29) is 12.7 Å². The molecule has 4 aromatic rings. The summed E-state index contributed by atoms with van der Waals surface area (Å²) in [5.74, 6) is 1.63. The lowest BCUT2D eigenvalue weighted by molar-refractivity contribution is 0.0619. The van der Waals surface area contributed by atoms with Crippen molar-refractivity contribution in [1.29, 1.82) is 0 Å². The van der Waals surface area contributed by atoms with Gasteiger partial charge in [-0.1, -0.05) is 24.3 Å². The molecule has 2 aromatic heterocycles. The second-order valence-electron chi connectivity index (χ2n) is 9.35. The van der Waals surface area contributed by atoms with E-state index in [1.807, 2.05) is 39.2 Å². The molecule has 6 rings (SSSR count). The van der Waals surface area contributed by atoms with Gasteiger partial charge in [0.05, 0.1) is 10.6 Å². The molecule has 8 heteroatoms. The maximum atomic E-state index is 13.8. The summed E-state index contributed by atoms with van der Waals surface area (Å²) in [6.45, 7) is 8.21. The third-order valence-corrected chi connectivity index (χ3v) is 7.69. The zero-order valence-corrected chi connectivity index (χ0v) is 21.3. The molecule has 2 aromatic carbocycles. The summed E-state index contributed by atoms with van der Waals surface area (Å²) < 4.78 is 12.8. The van der Waals surface area contributed by atoms with Gasteiger partial charge in [-0.25, -0.2) is 4.68 Å². The molecular weight excluding hydrogens is 472 g/mol. The third-order valence-electron chi connectivity index (χ3n) is 6.80. The maximum Gasteiger partial charge on any atom is 0.272 e. The molecule has 0 N–H and O–H groups in total. The number of nitrogens with zero attached hydrogens (tertiary/aromatic N) is 4. The van der Waals surface area contributed by atoms with E-state index in [2.05, 4.69) is 49.1 Å². The quantitative estimate of drug-likeness (QED) is 0.390. The van der Waals surface area contributed by atoms with Crippen LogP contribution in [0.25, 0.3) is 16.3 Å². The van der Waals surface area contributed by atoms with Crippen LogP contribution in [0, 0.1) is 13.8 Å². The minimum atomic E-state index is 0.0222. The molecule has 0 aliphatic carbocycles. The van der Waals surface area contributed by atoms with Gasteiger partial charge in [-0.15, -0.1) is 11.3 Å². The number of carbonyl (C=O) groups excluding carboxylic acids is 1. The number of piperazine rings is 1. The molecule has 0 bridgehead atoms. The monoisotopic (exact) mass is 500 g/mol. The average Bonchev–Trinajstić information content (AvgIpc) is 3.66. The maximum absolute atomic E-state index is 13.8. The fraction of sp³-hybridized carbons (Fsp3) is 0.286. The van der Waals surface area contributed by atoms with Crippen molar-refractivity contribution in [3.8, 4) is 27.8 Å². The highest BCUT2D eigenvalue weighted by Crippen LogP contribution is 2.33. The van der Waals surface area contributed by atoms with Crippen LogP contribution >= 0.6 is 11.3 Å². The Hall–Kier alpha value is -3.62. The molecule has 0 unspecified atom stereocenters. The molecule has 0 atom stereocenters. The first-order chi connectivity index (χ1) is 17.5. The van der Waals surface area contributed by atoms with Gasteiger partial charge >= 0.3 is 0 Å². The van der Waals surface area contributed by atoms with E-state index in [1.54, 1.807) is 11.3 Å². The second-order valence-corrected chi connectivity index (χ2v) is 10.3. The highest BCUT2D eigenvalue weighted by Gasteiger charge is 2.27. The molecule has 184 valence electrons. The van der Waals surface area contributed by atoms with Crippen molar-refractivity contribution in [1.82, 2.24) is 19.6 Å². The van der Waals surface area contributed by atoms with Crippen molar-refractivity contribution >= 4 is 17.2 Å². The molecule has 4 heterocycles. The largest absolute Gasteiger partial charge is 0.454 e. The summed E-state index contributed by atoms with van der Waals surface area (Å²) >= 11 is 1.63. The predicted octanol–water partition coefficient (Wildman–Crippen LogP) is 4.90. The van der Waals surface area contributed by atoms with Crippen LogP contribution in [-0.4, -0.2) is 58.5 Å². The van der Waals surface area contributed by atoms with Crippen LogP contribution in [0.3, 0.4) is 0 Å². The minimum absolute atomic E-state index is 0.0222. The predicted molar refractivity (Wildman–Crippen MR) is 140 cm³/mol. The Morgan fingerprint density at radius 3 is 2.61 bits per heavy atom. The number of benzene rings is 2. The van der Waals surface area contributed by atoms with Crippen LogP contribution in [-0.2, 0) is 6.54 Å². The van der Waals surface area contributed by atoms with Crippen molar-refractivity contribution < 1.29 is 14.3 Å². The van der Waals surface area contributed by atoms with Crippen LogP contribution in [0.5, 0.6) is 11.5 Å². The number of fused-ring (bicyclic) bond motifs is 1. The normalized spacial score (nSPS) is 15.4. The minimum Gasteiger partial charge on any atom is -0.454 e. The Labute approximate surface area is 214 Å². The number of hydrogen-bond donors (Lipinski definition) is 0. The summed E-state index contributed by atoms with van der Waals surface area (Å²) in [7, 11) is 0. The Kier molecular flexibility index (Phi) is 5.99. The van der Waals surface area contributed by atoms with Crippen molar-refractivity contribution in [2.45, 2.75) is 20.4 Å².